The fraction of sp³-hybridized carbons (Fsp3) is 0.462. The van der Waals surface area contributed by atoms with E-state index in [-0.39, 0.29) is 17.1 Å². The van der Waals surface area contributed by atoms with Gasteiger partial charge in [0.05, 0.1) is 12.4 Å². The minimum atomic E-state index is -3.74. The van der Waals surface area contributed by atoms with Crippen LogP contribution in [0.3, 0.4) is 0 Å². The highest BCUT2D eigenvalue weighted by atomic mass is 35.5. The average Bonchev–Trinajstić information content (AvgIpc) is 2.41. The standard InChI is InChI=1S/C13H17ClFNO4S/c1-9(13(17)16-5-6-20-2)21(18,19)8-10-3-4-11(15)7-12(10)14/h3-4,7,9H,5-6,8H2,1-2H3,(H,16,17). The van der Waals surface area contributed by atoms with Gasteiger partial charge in [0, 0.05) is 18.7 Å². The number of nitrogens with one attached hydrogen (secondary N) is 1. The Morgan fingerprint density at radius 1 is 1.48 bits per heavy atom. The maximum absolute atomic E-state index is 12.9. The molecule has 1 aromatic carbocycles. The van der Waals surface area contributed by atoms with Gasteiger partial charge in [0.1, 0.15) is 11.1 Å². The first-order valence-corrected chi connectivity index (χ1v) is 8.29. The fourth-order valence-corrected chi connectivity index (χ4v) is 3.22. The monoisotopic (exact) mass is 337 g/mol. The summed E-state index contributed by atoms with van der Waals surface area (Å²) < 4.78 is 42.0. The maximum Gasteiger partial charge on any atom is 0.238 e. The topological polar surface area (TPSA) is 72.5 Å². The lowest BCUT2D eigenvalue weighted by Gasteiger charge is -2.14. The normalized spacial score (nSPS) is 13.0. The van der Waals surface area contributed by atoms with Crippen LogP contribution in [0.15, 0.2) is 18.2 Å². The largest absolute Gasteiger partial charge is 0.383 e. The minimum Gasteiger partial charge on any atom is -0.383 e. The molecule has 118 valence electrons. The third-order valence-electron chi connectivity index (χ3n) is 2.89. The molecule has 0 aliphatic carbocycles. The molecule has 8 heteroatoms. The quantitative estimate of drug-likeness (QED) is 0.766. The van der Waals surface area contributed by atoms with Crippen LogP contribution in [0.2, 0.25) is 5.02 Å². The molecule has 21 heavy (non-hydrogen) atoms. The van der Waals surface area contributed by atoms with Crippen LogP contribution >= 0.6 is 11.6 Å². The van der Waals surface area contributed by atoms with Crippen molar-refractivity contribution < 1.29 is 22.3 Å². The van der Waals surface area contributed by atoms with E-state index < -0.39 is 32.6 Å². The van der Waals surface area contributed by atoms with Crippen LogP contribution in [0.1, 0.15) is 12.5 Å². The predicted octanol–water partition coefficient (Wildman–Crippen LogP) is 1.54. The van der Waals surface area contributed by atoms with Crippen LogP contribution in [0.25, 0.3) is 0 Å². The van der Waals surface area contributed by atoms with Crippen molar-refractivity contribution >= 4 is 27.3 Å². The lowest BCUT2D eigenvalue weighted by atomic mass is 10.2. The summed E-state index contributed by atoms with van der Waals surface area (Å²) in [6.45, 7) is 1.82. The minimum absolute atomic E-state index is 0.0190. The smallest absolute Gasteiger partial charge is 0.238 e. The highest BCUT2D eigenvalue weighted by molar-refractivity contribution is 7.92. The van der Waals surface area contributed by atoms with Gasteiger partial charge in [-0.25, -0.2) is 12.8 Å². The summed E-state index contributed by atoms with van der Waals surface area (Å²) in [4.78, 5) is 11.8. The number of hydrogen-bond acceptors (Lipinski definition) is 4. The van der Waals surface area contributed by atoms with Gasteiger partial charge in [-0.05, 0) is 24.6 Å². The van der Waals surface area contributed by atoms with Gasteiger partial charge in [0.2, 0.25) is 5.91 Å². The van der Waals surface area contributed by atoms with Crippen molar-refractivity contribution in [1.29, 1.82) is 0 Å². The second-order valence-corrected chi connectivity index (χ2v) is 7.20. The van der Waals surface area contributed by atoms with Gasteiger partial charge in [-0.15, -0.1) is 0 Å². The van der Waals surface area contributed by atoms with Crippen molar-refractivity contribution in [2.45, 2.75) is 17.9 Å². The molecule has 1 N–H and O–H groups in total. The number of benzene rings is 1. The Morgan fingerprint density at radius 2 is 2.14 bits per heavy atom. The number of amides is 1. The zero-order valence-corrected chi connectivity index (χ0v) is 13.3. The number of methoxy groups -OCH3 is 1. The van der Waals surface area contributed by atoms with Gasteiger partial charge in [0.15, 0.2) is 9.84 Å². The van der Waals surface area contributed by atoms with E-state index in [2.05, 4.69) is 5.32 Å². The van der Waals surface area contributed by atoms with Crippen molar-refractivity contribution in [3.05, 3.63) is 34.6 Å². The molecule has 1 atom stereocenters. The predicted molar refractivity (Wildman–Crippen MR) is 78.4 cm³/mol. The van der Waals surface area contributed by atoms with Crippen LogP contribution in [-0.4, -0.2) is 39.8 Å². The molecule has 0 aliphatic heterocycles. The zero-order chi connectivity index (χ0) is 16.0. The summed E-state index contributed by atoms with van der Waals surface area (Å²) in [5.74, 6) is -1.58. The van der Waals surface area contributed by atoms with Gasteiger partial charge < -0.3 is 10.1 Å². The summed E-state index contributed by atoms with van der Waals surface area (Å²) in [5, 5.41) is 1.26. The molecule has 5 nitrogen and oxygen atoms in total. The van der Waals surface area contributed by atoms with E-state index in [1.807, 2.05) is 0 Å². The summed E-state index contributed by atoms with van der Waals surface area (Å²) in [5.41, 5.74) is 0.259. The molecule has 0 heterocycles. The second kappa shape index (κ2) is 7.72. The second-order valence-electron chi connectivity index (χ2n) is 4.47. The molecule has 1 aromatic rings. The Bertz CT molecular complexity index is 606. The van der Waals surface area contributed by atoms with Crippen molar-refractivity contribution in [2.24, 2.45) is 0 Å². The molecule has 0 fully saturated rings. The molecule has 0 aliphatic rings. The van der Waals surface area contributed by atoms with Crippen LogP contribution in [0.5, 0.6) is 0 Å². The van der Waals surface area contributed by atoms with E-state index in [0.717, 1.165) is 12.1 Å². The van der Waals surface area contributed by atoms with Gasteiger partial charge in [-0.1, -0.05) is 17.7 Å². The van der Waals surface area contributed by atoms with Crippen LogP contribution in [-0.2, 0) is 25.1 Å². The Labute approximate surface area is 128 Å². The van der Waals surface area contributed by atoms with E-state index in [1.165, 1.54) is 20.1 Å². The number of carbonyl (C=O) groups is 1. The van der Waals surface area contributed by atoms with Gasteiger partial charge in [0.25, 0.3) is 0 Å². The number of halogens is 2. The van der Waals surface area contributed by atoms with Crippen molar-refractivity contribution in [1.82, 2.24) is 5.32 Å². The Morgan fingerprint density at radius 3 is 2.71 bits per heavy atom. The van der Waals surface area contributed by atoms with Gasteiger partial charge >= 0.3 is 0 Å². The first-order chi connectivity index (χ1) is 9.77. The number of rotatable bonds is 7. The van der Waals surface area contributed by atoms with Gasteiger partial charge in [-0.2, -0.15) is 0 Å². The Balaban J connectivity index is 2.78. The third kappa shape index (κ3) is 5.26. The van der Waals surface area contributed by atoms with E-state index in [4.69, 9.17) is 16.3 Å². The molecular weight excluding hydrogens is 321 g/mol. The Hall–Kier alpha value is -1.18. The van der Waals surface area contributed by atoms with Crippen LogP contribution in [0, 0.1) is 5.82 Å². The molecule has 0 radical (unpaired) electrons. The van der Waals surface area contributed by atoms with E-state index in [1.54, 1.807) is 0 Å². The van der Waals surface area contributed by atoms with Crippen LogP contribution in [0.4, 0.5) is 4.39 Å². The molecule has 0 spiro atoms. The molecule has 1 amide bonds. The highest BCUT2D eigenvalue weighted by Gasteiger charge is 2.28. The van der Waals surface area contributed by atoms with Crippen molar-refractivity contribution in [3.8, 4) is 0 Å². The van der Waals surface area contributed by atoms with Crippen molar-refractivity contribution in [2.75, 3.05) is 20.3 Å². The summed E-state index contributed by atoms with van der Waals surface area (Å²) in [6.07, 6.45) is 0. The van der Waals surface area contributed by atoms with E-state index in [0.29, 0.717) is 6.61 Å². The first kappa shape index (κ1) is 17.9. The lowest BCUT2D eigenvalue weighted by molar-refractivity contribution is -0.120. The molecular formula is C13H17ClFNO4S. The number of hydrogen-bond donors (Lipinski definition) is 1. The van der Waals surface area contributed by atoms with Crippen LogP contribution < -0.4 is 5.32 Å². The maximum atomic E-state index is 12.9. The number of ether oxygens (including phenoxy) is 1. The zero-order valence-electron chi connectivity index (χ0n) is 11.7. The van der Waals surface area contributed by atoms with Crippen molar-refractivity contribution in [3.63, 3.8) is 0 Å². The summed E-state index contributed by atoms with van der Waals surface area (Å²) >= 11 is 5.80. The Kier molecular flexibility index (Phi) is 6.57. The van der Waals surface area contributed by atoms with E-state index >= 15 is 0 Å². The number of carbonyl (C=O) groups excluding carboxylic acids is 1. The third-order valence-corrected chi connectivity index (χ3v) is 5.24. The lowest BCUT2D eigenvalue weighted by Crippen LogP contribution is -2.39. The first-order valence-electron chi connectivity index (χ1n) is 6.20. The van der Waals surface area contributed by atoms with Gasteiger partial charge in [-0.3, -0.25) is 4.79 Å². The SMILES string of the molecule is COCCNC(=O)C(C)S(=O)(=O)Cc1ccc(F)cc1Cl. The molecule has 0 aromatic heterocycles. The average molecular weight is 338 g/mol. The number of sulfone groups is 1. The highest BCUT2D eigenvalue weighted by Crippen LogP contribution is 2.21. The molecule has 0 saturated carbocycles. The van der Waals surface area contributed by atoms with E-state index in [9.17, 15) is 17.6 Å². The molecule has 0 bridgehead atoms. The molecule has 0 saturated heterocycles. The molecule has 1 unspecified atom stereocenters. The fourth-order valence-electron chi connectivity index (χ4n) is 1.56. The summed E-state index contributed by atoms with van der Waals surface area (Å²) in [6, 6.07) is 3.46. The summed E-state index contributed by atoms with van der Waals surface area (Å²) in [7, 11) is -2.27. The molecule has 1 rings (SSSR count).